The molecule has 102 valence electrons. The zero-order chi connectivity index (χ0) is 14.3. The van der Waals surface area contributed by atoms with Crippen LogP contribution in [0.3, 0.4) is 0 Å². The lowest BCUT2D eigenvalue weighted by Crippen LogP contribution is -2.48. The third kappa shape index (κ3) is 3.86. The second-order valence-electron chi connectivity index (χ2n) is 4.00. The largest absolute Gasteiger partial charge is 0.467 e. The predicted octanol–water partition coefficient (Wildman–Crippen LogP) is 2.63. The first-order chi connectivity index (χ1) is 9.04. The highest BCUT2D eigenvalue weighted by Crippen LogP contribution is 2.23. The van der Waals surface area contributed by atoms with Crippen molar-refractivity contribution in [2.24, 2.45) is 5.11 Å². The van der Waals surface area contributed by atoms with Gasteiger partial charge in [-0.25, -0.2) is 4.79 Å². The Morgan fingerprint density at radius 3 is 2.68 bits per heavy atom. The number of ether oxygens (including phenoxy) is 1. The Labute approximate surface area is 116 Å². The zero-order valence-corrected chi connectivity index (χ0v) is 11.5. The average molecular weight is 283 g/mol. The van der Waals surface area contributed by atoms with E-state index in [1.807, 2.05) is 0 Å². The maximum atomic E-state index is 12.0. The van der Waals surface area contributed by atoms with Gasteiger partial charge in [-0.05, 0) is 30.2 Å². The lowest BCUT2D eigenvalue weighted by atomic mass is 9.92. The Bertz CT molecular complexity index is 485. The molecular formula is C12H15ClN4O2. The molecule has 1 aromatic carbocycles. The molecule has 0 aromatic heterocycles. The Balaban J connectivity index is 2.95. The van der Waals surface area contributed by atoms with Crippen molar-refractivity contribution in [1.29, 1.82) is 0 Å². The van der Waals surface area contributed by atoms with Gasteiger partial charge in [0, 0.05) is 23.0 Å². The molecule has 0 saturated carbocycles. The lowest BCUT2D eigenvalue weighted by molar-refractivity contribution is -0.148. The van der Waals surface area contributed by atoms with Crippen LogP contribution in [-0.4, -0.2) is 26.2 Å². The fourth-order valence-corrected chi connectivity index (χ4v) is 1.81. The maximum absolute atomic E-state index is 12.0. The molecule has 0 spiro atoms. The van der Waals surface area contributed by atoms with E-state index < -0.39 is 11.5 Å². The topological polar surface area (TPSA) is 87.1 Å². The minimum Gasteiger partial charge on any atom is -0.467 e. The molecule has 0 amide bonds. The van der Waals surface area contributed by atoms with Crippen molar-refractivity contribution in [2.45, 2.75) is 12.5 Å². The number of hydrogen-bond acceptors (Lipinski definition) is 4. The van der Waals surface area contributed by atoms with Gasteiger partial charge in [-0.3, -0.25) is 5.32 Å². The maximum Gasteiger partial charge on any atom is 0.330 e. The summed E-state index contributed by atoms with van der Waals surface area (Å²) in [5, 5.41) is 7.04. The van der Waals surface area contributed by atoms with E-state index in [2.05, 4.69) is 15.3 Å². The van der Waals surface area contributed by atoms with E-state index >= 15 is 0 Å². The Kier molecular flexibility index (Phi) is 5.63. The Morgan fingerprint density at radius 1 is 1.53 bits per heavy atom. The SMILES string of the molecule is COC(=O)C(C)(NCCN=[N+]=[N-])c1ccc(Cl)cc1. The molecule has 0 aliphatic rings. The number of carbonyl (C=O) groups excluding carboxylic acids is 1. The van der Waals surface area contributed by atoms with Crippen molar-refractivity contribution in [1.82, 2.24) is 5.32 Å². The normalized spacial score (nSPS) is 13.2. The first kappa shape index (κ1) is 15.3. The molecule has 0 saturated heterocycles. The van der Waals surface area contributed by atoms with Gasteiger partial charge in [-0.2, -0.15) is 0 Å². The van der Waals surface area contributed by atoms with Crippen molar-refractivity contribution in [3.63, 3.8) is 0 Å². The van der Waals surface area contributed by atoms with Gasteiger partial charge in [0.2, 0.25) is 0 Å². The Hall–Kier alpha value is -1.75. The minimum absolute atomic E-state index is 0.247. The van der Waals surface area contributed by atoms with Gasteiger partial charge in [0.15, 0.2) is 0 Å². The molecule has 1 N–H and O–H groups in total. The van der Waals surface area contributed by atoms with Crippen LogP contribution in [-0.2, 0) is 15.1 Å². The van der Waals surface area contributed by atoms with E-state index in [1.54, 1.807) is 31.2 Å². The molecule has 1 aromatic rings. The zero-order valence-electron chi connectivity index (χ0n) is 10.8. The molecule has 0 radical (unpaired) electrons. The van der Waals surface area contributed by atoms with Gasteiger partial charge in [-0.1, -0.05) is 28.8 Å². The molecule has 7 heteroatoms. The number of nitrogens with one attached hydrogen (secondary N) is 1. The summed E-state index contributed by atoms with van der Waals surface area (Å²) < 4.78 is 4.82. The van der Waals surface area contributed by atoms with Crippen LogP contribution in [0.15, 0.2) is 29.4 Å². The van der Waals surface area contributed by atoms with Crippen LogP contribution in [0.1, 0.15) is 12.5 Å². The number of esters is 1. The molecule has 1 unspecified atom stereocenters. The number of nitrogens with zero attached hydrogens (tertiary/aromatic N) is 3. The third-order valence-electron chi connectivity index (χ3n) is 2.77. The summed E-state index contributed by atoms with van der Waals surface area (Å²) in [6, 6.07) is 6.90. The van der Waals surface area contributed by atoms with E-state index in [-0.39, 0.29) is 6.54 Å². The molecule has 1 atom stereocenters. The molecule has 6 nitrogen and oxygen atoms in total. The van der Waals surface area contributed by atoms with E-state index in [4.69, 9.17) is 21.9 Å². The van der Waals surface area contributed by atoms with Crippen LogP contribution in [0, 0.1) is 0 Å². The average Bonchev–Trinajstić information content (AvgIpc) is 2.43. The van der Waals surface area contributed by atoms with Gasteiger partial charge >= 0.3 is 5.97 Å². The summed E-state index contributed by atoms with van der Waals surface area (Å²) >= 11 is 5.83. The highest BCUT2D eigenvalue weighted by molar-refractivity contribution is 6.30. The van der Waals surface area contributed by atoms with Gasteiger partial charge in [0.05, 0.1) is 7.11 Å². The van der Waals surface area contributed by atoms with E-state index in [9.17, 15) is 4.79 Å². The highest BCUT2D eigenvalue weighted by Gasteiger charge is 2.35. The van der Waals surface area contributed by atoms with Crippen molar-refractivity contribution in [2.75, 3.05) is 20.2 Å². The summed E-state index contributed by atoms with van der Waals surface area (Å²) in [7, 11) is 1.33. The summed E-state index contributed by atoms with van der Waals surface area (Å²) in [4.78, 5) is 14.6. The number of rotatable bonds is 6. The number of benzene rings is 1. The molecule has 0 heterocycles. The lowest BCUT2D eigenvalue weighted by Gasteiger charge is -2.28. The summed E-state index contributed by atoms with van der Waals surface area (Å²) in [6.45, 7) is 2.31. The van der Waals surface area contributed by atoms with Crippen LogP contribution < -0.4 is 5.32 Å². The molecule has 19 heavy (non-hydrogen) atoms. The van der Waals surface area contributed by atoms with Crippen LogP contribution in [0.25, 0.3) is 10.4 Å². The van der Waals surface area contributed by atoms with Crippen molar-refractivity contribution >= 4 is 17.6 Å². The smallest absolute Gasteiger partial charge is 0.330 e. The fourth-order valence-electron chi connectivity index (χ4n) is 1.68. The standard InChI is InChI=1S/C12H15ClN4O2/c1-12(11(18)19-2,15-7-8-16-17-14)9-3-5-10(13)6-4-9/h3-6,15H,7-8H2,1-2H3. The monoisotopic (exact) mass is 282 g/mol. The van der Waals surface area contributed by atoms with Crippen LogP contribution in [0.2, 0.25) is 5.02 Å². The fraction of sp³-hybridized carbons (Fsp3) is 0.417. The van der Waals surface area contributed by atoms with Crippen LogP contribution in [0.5, 0.6) is 0 Å². The second kappa shape index (κ2) is 6.99. The van der Waals surface area contributed by atoms with E-state index in [1.165, 1.54) is 7.11 Å². The van der Waals surface area contributed by atoms with Crippen molar-refractivity contribution in [3.05, 3.63) is 45.3 Å². The first-order valence-electron chi connectivity index (χ1n) is 5.65. The molecule has 0 aliphatic heterocycles. The summed E-state index contributed by atoms with van der Waals surface area (Å²) in [5.41, 5.74) is 7.94. The highest BCUT2D eigenvalue weighted by atomic mass is 35.5. The molecule has 0 fully saturated rings. The van der Waals surface area contributed by atoms with Crippen LogP contribution in [0.4, 0.5) is 0 Å². The predicted molar refractivity (Wildman–Crippen MR) is 72.8 cm³/mol. The van der Waals surface area contributed by atoms with Gasteiger partial charge in [-0.15, -0.1) is 0 Å². The van der Waals surface area contributed by atoms with E-state index in [0.717, 1.165) is 5.56 Å². The first-order valence-corrected chi connectivity index (χ1v) is 6.02. The number of azide groups is 1. The molecular weight excluding hydrogens is 268 g/mol. The number of hydrogen-bond donors (Lipinski definition) is 1. The number of halogens is 1. The summed E-state index contributed by atoms with van der Waals surface area (Å²) in [5.74, 6) is -0.421. The summed E-state index contributed by atoms with van der Waals surface area (Å²) in [6.07, 6.45) is 0. The van der Waals surface area contributed by atoms with Gasteiger partial charge in [0.1, 0.15) is 5.54 Å². The molecule has 1 rings (SSSR count). The van der Waals surface area contributed by atoms with E-state index in [0.29, 0.717) is 11.6 Å². The van der Waals surface area contributed by atoms with Crippen LogP contribution >= 0.6 is 11.6 Å². The minimum atomic E-state index is -1.01. The Morgan fingerprint density at radius 2 is 2.16 bits per heavy atom. The quantitative estimate of drug-likeness (QED) is 0.286. The second-order valence-corrected chi connectivity index (χ2v) is 4.44. The molecule has 0 aliphatic carbocycles. The van der Waals surface area contributed by atoms with Gasteiger partial charge in [0.25, 0.3) is 0 Å². The number of methoxy groups -OCH3 is 1. The van der Waals surface area contributed by atoms with Gasteiger partial charge < -0.3 is 4.74 Å². The number of carbonyl (C=O) groups is 1. The van der Waals surface area contributed by atoms with Crippen molar-refractivity contribution in [3.8, 4) is 0 Å². The van der Waals surface area contributed by atoms with Crippen molar-refractivity contribution < 1.29 is 9.53 Å². The third-order valence-corrected chi connectivity index (χ3v) is 3.02. The molecule has 0 bridgehead atoms.